The number of amides is 2. The first-order chi connectivity index (χ1) is 20.0. The summed E-state index contributed by atoms with van der Waals surface area (Å²) < 4.78 is 35.2. The SMILES string of the molecule is Cc1c(NC(=O)OC(C)c2ccccc2Cl)c(-c2ccc(C(=O)NC(Cc3c(F)cccc3F)C(=O)O)cc2)nn1C. The van der Waals surface area contributed by atoms with Crippen molar-refractivity contribution in [3.8, 4) is 11.3 Å². The van der Waals surface area contributed by atoms with Gasteiger partial charge >= 0.3 is 12.1 Å². The number of aromatic nitrogens is 2. The minimum absolute atomic E-state index is 0.106. The molecule has 0 saturated heterocycles. The second kappa shape index (κ2) is 12.8. The Kier molecular flexibility index (Phi) is 9.21. The van der Waals surface area contributed by atoms with Crippen LogP contribution in [0.2, 0.25) is 5.02 Å². The molecule has 3 aromatic carbocycles. The van der Waals surface area contributed by atoms with Crippen molar-refractivity contribution in [2.45, 2.75) is 32.4 Å². The standard InChI is InChI=1S/C30H27ClF2N4O5/c1-16-26(35-30(41)42-17(2)20-7-4-5-8-22(20)31)27(36-37(16)3)18-11-13-19(14-12-18)28(38)34-25(29(39)40)15-21-23(32)9-6-10-24(21)33/h4-14,17,25H,15H2,1-3H3,(H,34,38)(H,35,41)(H,39,40). The molecule has 2 unspecified atom stereocenters. The molecule has 42 heavy (non-hydrogen) atoms. The Morgan fingerprint density at radius 1 is 1.02 bits per heavy atom. The van der Waals surface area contributed by atoms with Gasteiger partial charge in [-0.25, -0.2) is 18.4 Å². The van der Waals surface area contributed by atoms with Crippen LogP contribution in [0.25, 0.3) is 11.3 Å². The number of benzene rings is 3. The molecule has 3 N–H and O–H groups in total. The van der Waals surface area contributed by atoms with Gasteiger partial charge in [-0.15, -0.1) is 0 Å². The summed E-state index contributed by atoms with van der Waals surface area (Å²) in [6.45, 7) is 3.46. The smallest absolute Gasteiger partial charge is 0.412 e. The Balaban J connectivity index is 1.49. The van der Waals surface area contributed by atoms with Crippen LogP contribution in [0.15, 0.2) is 66.7 Å². The van der Waals surface area contributed by atoms with Gasteiger partial charge in [-0.2, -0.15) is 5.10 Å². The molecule has 0 fully saturated rings. The maximum Gasteiger partial charge on any atom is 0.412 e. The normalized spacial score (nSPS) is 12.3. The molecule has 0 aliphatic heterocycles. The van der Waals surface area contributed by atoms with Crippen LogP contribution in [0, 0.1) is 18.6 Å². The summed E-state index contributed by atoms with van der Waals surface area (Å²) in [5.41, 5.74) is 2.30. The Bertz CT molecular complexity index is 1620. The zero-order valence-corrected chi connectivity index (χ0v) is 23.6. The number of aryl methyl sites for hydroxylation is 1. The van der Waals surface area contributed by atoms with E-state index in [-0.39, 0.29) is 5.56 Å². The molecular formula is C30H27ClF2N4O5. The fourth-order valence-electron chi connectivity index (χ4n) is 4.27. The number of carboxylic acid groups (broad SMARTS) is 1. The van der Waals surface area contributed by atoms with Gasteiger partial charge in [-0.3, -0.25) is 14.8 Å². The number of ether oxygens (including phenoxy) is 1. The van der Waals surface area contributed by atoms with Crippen molar-refractivity contribution in [2.75, 3.05) is 5.32 Å². The number of carbonyl (C=O) groups excluding carboxylic acids is 2. The van der Waals surface area contributed by atoms with Crippen molar-refractivity contribution < 1.29 is 33.0 Å². The maximum absolute atomic E-state index is 14.0. The number of halogens is 3. The highest BCUT2D eigenvalue weighted by Gasteiger charge is 2.25. The van der Waals surface area contributed by atoms with E-state index in [0.29, 0.717) is 33.2 Å². The number of carboxylic acids is 1. The van der Waals surface area contributed by atoms with E-state index in [1.807, 2.05) is 0 Å². The molecule has 0 spiro atoms. The zero-order chi connectivity index (χ0) is 30.6. The van der Waals surface area contributed by atoms with Crippen molar-refractivity contribution in [3.05, 3.63) is 106 Å². The average molecular weight is 597 g/mol. The van der Waals surface area contributed by atoms with Crippen molar-refractivity contribution >= 4 is 35.3 Å². The lowest BCUT2D eigenvalue weighted by molar-refractivity contribution is -0.139. The zero-order valence-electron chi connectivity index (χ0n) is 22.8. The molecule has 4 rings (SSSR count). The molecule has 0 bridgehead atoms. The molecule has 2 amide bonds. The number of rotatable bonds is 9. The molecule has 0 saturated carbocycles. The van der Waals surface area contributed by atoms with E-state index >= 15 is 0 Å². The first-order valence-electron chi connectivity index (χ1n) is 12.8. The third-order valence-electron chi connectivity index (χ3n) is 6.68. The van der Waals surface area contributed by atoms with Gasteiger partial charge in [0.05, 0.1) is 11.4 Å². The third-order valence-corrected chi connectivity index (χ3v) is 7.03. The number of carbonyl (C=O) groups is 3. The van der Waals surface area contributed by atoms with E-state index in [4.69, 9.17) is 16.3 Å². The molecule has 12 heteroatoms. The van der Waals surface area contributed by atoms with Gasteiger partial charge in [0.2, 0.25) is 0 Å². The first kappa shape index (κ1) is 30.2. The minimum Gasteiger partial charge on any atom is -0.480 e. The van der Waals surface area contributed by atoms with Gasteiger partial charge in [0, 0.05) is 40.7 Å². The highest BCUT2D eigenvalue weighted by molar-refractivity contribution is 6.31. The Labute approximate surface area is 245 Å². The molecule has 1 heterocycles. The summed E-state index contributed by atoms with van der Waals surface area (Å²) in [7, 11) is 1.70. The Morgan fingerprint density at radius 3 is 2.29 bits per heavy atom. The van der Waals surface area contributed by atoms with Gasteiger partial charge < -0.3 is 15.2 Å². The maximum atomic E-state index is 14.0. The van der Waals surface area contributed by atoms with E-state index in [1.54, 1.807) is 62.0 Å². The van der Waals surface area contributed by atoms with Crippen molar-refractivity contribution in [2.24, 2.45) is 7.05 Å². The van der Waals surface area contributed by atoms with Crippen molar-refractivity contribution in [1.82, 2.24) is 15.1 Å². The molecule has 9 nitrogen and oxygen atoms in total. The Hall–Kier alpha value is -4.77. The molecule has 0 aliphatic carbocycles. The molecule has 218 valence electrons. The van der Waals surface area contributed by atoms with Crippen LogP contribution < -0.4 is 10.6 Å². The fourth-order valence-corrected chi connectivity index (χ4v) is 4.56. The number of nitrogens with one attached hydrogen (secondary N) is 2. The summed E-state index contributed by atoms with van der Waals surface area (Å²) >= 11 is 6.21. The van der Waals surface area contributed by atoms with Crippen LogP contribution in [0.3, 0.4) is 0 Å². The van der Waals surface area contributed by atoms with Crippen LogP contribution >= 0.6 is 11.6 Å². The quantitative estimate of drug-likeness (QED) is 0.216. The first-order valence-corrected chi connectivity index (χ1v) is 13.2. The Morgan fingerprint density at radius 2 is 1.67 bits per heavy atom. The fraction of sp³-hybridized carbons (Fsp3) is 0.200. The van der Waals surface area contributed by atoms with Gasteiger partial charge in [0.25, 0.3) is 5.91 Å². The predicted octanol–water partition coefficient (Wildman–Crippen LogP) is 6.06. The number of hydrogen-bond donors (Lipinski definition) is 3. The number of nitrogens with zero attached hydrogens (tertiary/aromatic N) is 2. The van der Waals surface area contributed by atoms with Gasteiger partial charge in [-0.1, -0.05) is 48.0 Å². The topological polar surface area (TPSA) is 123 Å². The van der Waals surface area contributed by atoms with Crippen LogP contribution in [-0.4, -0.2) is 38.9 Å². The van der Waals surface area contributed by atoms with E-state index < -0.39 is 53.7 Å². The van der Waals surface area contributed by atoms with E-state index in [9.17, 15) is 28.3 Å². The molecule has 2 atom stereocenters. The van der Waals surface area contributed by atoms with Crippen LogP contribution in [0.5, 0.6) is 0 Å². The molecule has 4 aromatic rings. The second-order valence-electron chi connectivity index (χ2n) is 9.47. The summed E-state index contributed by atoms with van der Waals surface area (Å²) in [6, 6.07) is 14.7. The van der Waals surface area contributed by atoms with Crippen LogP contribution in [0.4, 0.5) is 19.3 Å². The highest BCUT2D eigenvalue weighted by Crippen LogP contribution is 2.31. The minimum atomic E-state index is -1.57. The average Bonchev–Trinajstić information content (AvgIpc) is 3.22. The van der Waals surface area contributed by atoms with Gasteiger partial charge in [-0.05, 0) is 44.2 Å². The number of aliphatic carboxylic acids is 1. The summed E-state index contributed by atoms with van der Waals surface area (Å²) in [5, 5.41) is 19.5. The number of hydrogen-bond acceptors (Lipinski definition) is 5. The molecule has 1 aromatic heterocycles. The molecule has 0 aliphatic rings. The lowest BCUT2D eigenvalue weighted by atomic mass is 10.0. The molecule has 0 radical (unpaired) electrons. The number of anilines is 1. The van der Waals surface area contributed by atoms with Gasteiger partial charge in [0.1, 0.15) is 29.5 Å². The predicted molar refractivity (Wildman–Crippen MR) is 152 cm³/mol. The van der Waals surface area contributed by atoms with Crippen LogP contribution in [0.1, 0.15) is 40.2 Å². The highest BCUT2D eigenvalue weighted by atomic mass is 35.5. The van der Waals surface area contributed by atoms with Crippen molar-refractivity contribution in [3.63, 3.8) is 0 Å². The molecular weight excluding hydrogens is 570 g/mol. The second-order valence-corrected chi connectivity index (χ2v) is 9.88. The van der Waals surface area contributed by atoms with Gasteiger partial charge in [0.15, 0.2) is 0 Å². The summed E-state index contributed by atoms with van der Waals surface area (Å²) in [6.07, 6.45) is -1.92. The van der Waals surface area contributed by atoms with Crippen molar-refractivity contribution in [1.29, 1.82) is 0 Å². The third kappa shape index (κ3) is 6.74. The van der Waals surface area contributed by atoms with E-state index in [0.717, 1.165) is 18.2 Å². The lowest BCUT2D eigenvalue weighted by Gasteiger charge is -2.16. The van der Waals surface area contributed by atoms with E-state index in [1.165, 1.54) is 12.1 Å². The largest absolute Gasteiger partial charge is 0.480 e. The van der Waals surface area contributed by atoms with Crippen LogP contribution in [-0.2, 0) is 23.0 Å². The lowest BCUT2D eigenvalue weighted by Crippen LogP contribution is -2.42. The summed E-state index contributed by atoms with van der Waals surface area (Å²) in [5.74, 6) is -4.01. The monoisotopic (exact) mass is 596 g/mol. The van der Waals surface area contributed by atoms with E-state index in [2.05, 4.69) is 15.7 Å². The summed E-state index contributed by atoms with van der Waals surface area (Å²) in [4.78, 5) is 37.3.